The van der Waals surface area contributed by atoms with E-state index in [1.54, 1.807) is 0 Å². The van der Waals surface area contributed by atoms with Gasteiger partial charge in [0.05, 0.1) is 105 Å². The van der Waals surface area contributed by atoms with Crippen molar-refractivity contribution in [2.45, 2.75) is 44.1 Å². The predicted octanol–water partition coefficient (Wildman–Crippen LogP) is -2.92. The van der Waals surface area contributed by atoms with Crippen LogP contribution in [0.5, 0.6) is 0 Å². The summed E-state index contributed by atoms with van der Waals surface area (Å²) in [5, 5.41) is 41.2. The number of carbonyl (C=O) groups excluding carboxylic acids is 4. The minimum atomic E-state index is -6.72. The number of hydrogen-bond acceptors (Lipinski definition) is 28. The number of carbonyl (C=O) groups is 4. The van der Waals surface area contributed by atoms with E-state index in [1.807, 2.05) is 28.2 Å². The van der Waals surface area contributed by atoms with E-state index in [2.05, 4.69) is 0 Å². The van der Waals surface area contributed by atoms with Gasteiger partial charge in [-0.1, -0.05) is 0 Å². The van der Waals surface area contributed by atoms with Crippen molar-refractivity contribution >= 4 is 104 Å². The molecule has 4 aliphatic rings. The molecule has 0 saturated carbocycles. The first kappa shape index (κ1) is 113. The van der Waals surface area contributed by atoms with Crippen LogP contribution in [0.4, 0.5) is 105 Å². The van der Waals surface area contributed by atoms with E-state index in [9.17, 15) is 212 Å². The van der Waals surface area contributed by atoms with E-state index in [0.717, 1.165) is 68.9 Å². The fourth-order valence-corrected chi connectivity index (χ4v) is 12.7. The third kappa shape index (κ3) is 42.7. The predicted molar refractivity (Wildman–Crippen MR) is 280 cm³/mol. The maximum absolute atomic E-state index is 11.4. The number of alkyl halides is 24. The summed E-state index contributed by atoms with van der Waals surface area (Å²) in [6.45, 7) is 11.8. The van der Waals surface area contributed by atoms with Gasteiger partial charge in [0.25, 0.3) is 0 Å². The Labute approximate surface area is 604 Å². The van der Waals surface area contributed by atoms with Crippen LogP contribution in [0, 0.1) is 0 Å². The van der Waals surface area contributed by atoms with E-state index >= 15 is 0 Å². The maximum Gasteiger partial charge on any atom is 2.00 e. The molecule has 2 radical (unpaired) electrons. The van der Waals surface area contributed by atoms with Crippen LogP contribution in [0.3, 0.4) is 0 Å². The van der Waals surface area contributed by atoms with Crippen molar-refractivity contribution in [3.8, 4) is 0 Å². The monoisotopic (exact) mass is 1880 g/mol. The third-order valence-electron chi connectivity index (χ3n) is 11.4. The number of nitrogens with zero attached hydrogens (tertiary/aromatic N) is 8. The zero-order valence-corrected chi connectivity index (χ0v) is 60.5. The number of ether oxygens (including phenoxy) is 4. The summed E-state index contributed by atoms with van der Waals surface area (Å²) in [4.78, 5) is 41.2. The van der Waals surface area contributed by atoms with Crippen molar-refractivity contribution < 1.29 is 283 Å². The van der Waals surface area contributed by atoms with Gasteiger partial charge in [0.1, 0.15) is 78.5 Å². The number of rotatable bonds is 16. The van der Waals surface area contributed by atoms with Crippen LogP contribution in [-0.4, -0.2) is 313 Å². The van der Waals surface area contributed by atoms with Crippen LogP contribution in [0.25, 0.3) is 16.5 Å². The molecule has 0 aromatic heterocycles. The number of hydrogen-bond donors (Lipinski definition) is 0. The Hall–Kier alpha value is -3.64. The Morgan fingerprint density at radius 3 is 0.406 bits per heavy atom. The average molecular weight is 1880 g/mol. The van der Waals surface area contributed by atoms with Gasteiger partial charge in [0.2, 0.25) is 0 Å². The molecule has 0 unspecified atom stereocenters. The van der Waals surface area contributed by atoms with Gasteiger partial charge in [-0.05, 0) is 0 Å². The summed E-state index contributed by atoms with van der Waals surface area (Å²) >= 11 is 0. The zero-order chi connectivity index (χ0) is 84.1. The molecule has 4 saturated heterocycles. The quantitative estimate of drug-likeness (QED) is 0.0849. The molecule has 0 spiro atoms. The number of quaternary nitrogens is 4. The Morgan fingerprint density at radius 1 is 0.255 bits per heavy atom. The van der Waals surface area contributed by atoms with Crippen molar-refractivity contribution in [1.82, 2.24) is 0 Å². The van der Waals surface area contributed by atoms with Crippen LogP contribution >= 0.6 is 0 Å². The normalized spacial score (nSPS) is 18.2. The molecule has 0 aromatic rings. The molecule has 0 aliphatic carbocycles. The van der Waals surface area contributed by atoms with Gasteiger partial charge < -0.3 is 93.0 Å². The molecule has 4 rings (SSSR count). The van der Waals surface area contributed by atoms with Crippen LogP contribution in [-0.2, 0) is 152 Å². The number of aliphatic carboxylic acids is 4. The number of sulfonamides is 8. The summed E-state index contributed by atoms with van der Waals surface area (Å²) in [5.74, 6) is -3.91. The van der Waals surface area contributed by atoms with Gasteiger partial charge in [-0.25, -0.2) is 67.3 Å². The van der Waals surface area contributed by atoms with Gasteiger partial charge in [-0.3, -0.25) is 0 Å². The summed E-state index contributed by atoms with van der Waals surface area (Å²) in [5.41, 5.74) is -49.6. The Balaban J connectivity index is -0.000000270. The van der Waals surface area contributed by atoms with Crippen LogP contribution in [0.15, 0.2) is 0 Å². The average Bonchev–Trinajstić information content (AvgIpc) is 0.804. The van der Waals surface area contributed by atoms with Crippen molar-refractivity contribution in [2.24, 2.45) is 0 Å². The summed E-state index contributed by atoms with van der Waals surface area (Å²) in [6, 6.07) is 0. The van der Waals surface area contributed by atoms with E-state index in [1.165, 1.54) is 0 Å². The molecule has 4 fully saturated rings. The molecule has 642 valence electrons. The molecular formula is C36H52Cu2F24N8O28S8. The van der Waals surface area contributed by atoms with Crippen molar-refractivity contribution in [3.05, 3.63) is 16.5 Å². The molecule has 0 aromatic carbocycles. The van der Waals surface area contributed by atoms with Crippen molar-refractivity contribution in [1.29, 1.82) is 0 Å². The van der Waals surface area contributed by atoms with Gasteiger partial charge in [-0.2, -0.15) is 105 Å². The van der Waals surface area contributed by atoms with Crippen LogP contribution in [0.2, 0.25) is 0 Å². The largest absolute Gasteiger partial charge is 2.00 e. The second kappa shape index (κ2) is 41.8. The fourth-order valence-electron chi connectivity index (χ4n) is 5.87. The van der Waals surface area contributed by atoms with Gasteiger partial charge in [0, 0.05) is 0 Å². The van der Waals surface area contributed by atoms with E-state index in [4.69, 9.17) is 18.9 Å². The molecule has 0 N–H and O–H groups in total. The molecule has 36 nitrogen and oxygen atoms in total. The van der Waals surface area contributed by atoms with E-state index < -0.39 is 148 Å². The fraction of sp³-hybridized carbons (Fsp3) is 0.889. The smallest absolute Gasteiger partial charge is 0.544 e. The first-order chi connectivity index (χ1) is 45.3. The van der Waals surface area contributed by atoms with Crippen LogP contribution < -0.4 is 20.4 Å². The zero-order valence-electron chi connectivity index (χ0n) is 52.1. The number of carboxylic acid groups (broad SMARTS) is 4. The Kier molecular flexibility index (Phi) is 44.6. The Morgan fingerprint density at radius 2 is 0.340 bits per heavy atom. The second-order valence-electron chi connectivity index (χ2n) is 20.5. The Bertz CT molecular complexity index is 3110. The summed E-state index contributed by atoms with van der Waals surface area (Å²) in [7, 11) is -46.1. The van der Waals surface area contributed by atoms with Gasteiger partial charge in [-0.15, -0.1) is 0 Å². The van der Waals surface area contributed by atoms with Crippen molar-refractivity contribution in [2.75, 3.05) is 160 Å². The molecular weight excluding hydrogens is 1830 g/mol. The molecule has 0 amide bonds. The SMILES string of the molecule is C[N+]1(CC(=O)[O-])CCOCC1.C[N+]1(CC(=O)[O-])CCOCC1.C[N+]1(CC(=O)[O-])CCOCC1.C[N+]1(CC(=O)[O-])CCOCC1.O=S(=O)([N-]S(=O)(=O)C(F)(F)F)C(F)(F)F.O=S(=O)([N-]S(=O)(=O)C(F)(F)F)C(F)(F)F.O=S(=O)([N-]S(=O)(=O)C(F)(F)F)C(F)(F)F.O=S(=O)([N-]S(=O)(=O)C(F)(F)F)C(F)(F)F.[Cu+2].[Cu+2]. The number of likely N-dealkylation sites (N-methyl/N-ethyl adjacent to an activating group) is 4. The molecule has 70 heteroatoms. The number of morpholine rings is 4. The second-order valence-corrected chi connectivity index (χ2v) is 34.2. The molecule has 4 heterocycles. The third-order valence-corrected chi connectivity index (χ3v) is 22.3. The van der Waals surface area contributed by atoms with E-state index in [0.29, 0.717) is 70.8 Å². The topological polar surface area (TPSA) is 527 Å². The number of halogens is 24. The number of carboxylic acids is 4. The van der Waals surface area contributed by atoms with E-state index in [-0.39, 0.29) is 60.3 Å². The van der Waals surface area contributed by atoms with Crippen molar-refractivity contribution in [3.63, 3.8) is 0 Å². The molecule has 0 bridgehead atoms. The van der Waals surface area contributed by atoms with Crippen LogP contribution in [0.1, 0.15) is 0 Å². The summed E-state index contributed by atoms with van der Waals surface area (Å²) < 4.78 is 459. The summed E-state index contributed by atoms with van der Waals surface area (Å²) in [6.07, 6.45) is 0. The minimum absolute atomic E-state index is 0. The first-order valence-electron chi connectivity index (χ1n) is 25.2. The maximum atomic E-state index is 11.4. The molecule has 0 atom stereocenters. The minimum Gasteiger partial charge on any atom is -0.544 e. The standard InChI is InChI=1S/4C7H13NO3.4C2F6NO4S2.2Cu/c4*1-8(6-7(9)10)2-4-11-5-3-8;4*3-1(4,5)14(10,11)9-15(12,13)2(6,7)8;;/h4*2-6H2,1H3;;;;;;/q;;;;4*-1;2*+2. The first-order valence-corrected chi connectivity index (χ1v) is 36.8. The van der Waals surface area contributed by atoms with Gasteiger partial charge >= 0.3 is 78.2 Å². The van der Waals surface area contributed by atoms with Gasteiger partial charge in [0.15, 0.2) is 80.2 Å². The molecule has 4 aliphatic heterocycles. The molecule has 106 heavy (non-hydrogen) atoms.